The van der Waals surface area contributed by atoms with Crippen molar-refractivity contribution >= 4 is 17.7 Å². The Labute approximate surface area is 132 Å². The van der Waals surface area contributed by atoms with Gasteiger partial charge in [0.05, 0.1) is 5.56 Å². The number of benzene rings is 2. The van der Waals surface area contributed by atoms with Crippen LogP contribution in [0, 0.1) is 0 Å². The summed E-state index contributed by atoms with van der Waals surface area (Å²) in [6, 6.07) is 13.2. The summed E-state index contributed by atoms with van der Waals surface area (Å²) in [5.74, 6) is -0.931. The fourth-order valence-corrected chi connectivity index (χ4v) is 2.40. The largest absolute Gasteiger partial charge is 0.446 e. The lowest BCUT2D eigenvalue weighted by Gasteiger charge is -2.23. The zero-order valence-electron chi connectivity index (χ0n) is 12.4. The van der Waals surface area contributed by atoms with Gasteiger partial charge in [-0.05, 0) is 42.8 Å². The first-order valence-corrected chi connectivity index (χ1v) is 7.16. The first-order valence-electron chi connectivity index (χ1n) is 7.16. The average Bonchev–Trinajstić information content (AvgIpc) is 2.55. The predicted molar refractivity (Wildman–Crippen MR) is 81.4 cm³/mol. The monoisotopic (exact) mass is 310 g/mol. The molecule has 2 aromatic rings. The molecule has 0 N–H and O–H groups in total. The number of rotatable bonds is 3. The van der Waals surface area contributed by atoms with E-state index in [4.69, 9.17) is 9.47 Å². The van der Waals surface area contributed by atoms with Gasteiger partial charge >= 0.3 is 11.9 Å². The molecule has 1 heterocycles. The fourth-order valence-electron chi connectivity index (χ4n) is 2.40. The maximum atomic E-state index is 12.2. The van der Waals surface area contributed by atoms with E-state index < -0.39 is 18.0 Å². The Bertz CT molecular complexity index is 776. The molecular weight excluding hydrogens is 296 g/mol. The number of carbonyl (C=O) groups excluding carboxylic acids is 3. The van der Waals surface area contributed by atoms with Gasteiger partial charge in [0, 0.05) is 12.0 Å². The van der Waals surface area contributed by atoms with Crippen LogP contribution in [0.2, 0.25) is 0 Å². The zero-order valence-corrected chi connectivity index (χ0v) is 12.4. The van der Waals surface area contributed by atoms with Crippen molar-refractivity contribution in [3.8, 4) is 5.75 Å². The summed E-state index contributed by atoms with van der Waals surface area (Å²) in [4.78, 5) is 35.3. The van der Waals surface area contributed by atoms with E-state index in [2.05, 4.69) is 0 Å². The lowest BCUT2D eigenvalue weighted by molar-refractivity contribution is -0.144. The molecule has 5 nitrogen and oxygen atoms in total. The number of Topliss-reactive ketones (excluding diaryl/α,β-unsaturated/α-hetero) is 1. The zero-order chi connectivity index (χ0) is 16.4. The van der Waals surface area contributed by atoms with E-state index >= 15 is 0 Å². The average molecular weight is 310 g/mol. The van der Waals surface area contributed by atoms with Gasteiger partial charge in [0.1, 0.15) is 5.75 Å². The molecule has 0 saturated heterocycles. The van der Waals surface area contributed by atoms with E-state index in [0.717, 1.165) is 5.56 Å². The summed E-state index contributed by atoms with van der Waals surface area (Å²) in [5.41, 5.74) is 1.77. The van der Waals surface area contributed by atoms with Crippen LogP contribution in [0.25, 0.3) is 0 Å². The molecule has 0 amide bonds. The van der Waals surface area contributed by atoms with Crippen LogP contribution in [0.5, 0.6) is 5.75 Å². The molecule has 2 aromatic carbocycles. The van der Waals surface area contributed by atoms with Crippen molar-refractivity contribution in [1.82, 2.24) is 0 Å². The first kappa shape index (κ1) is 15.0. The molecule has 5 heteroatoms. The number of ether oxygens (including phenoxy) is 2. The maximum Gasteiger partial charge on any atom is 0.353 e. The maximum absolute atomic E-state index is 12.2. The highest BCUT2D eigenvalue weighted by molar-refractivity contribution is 5.95. The Morgan fingerprint density at radius 3 is 2.48 bits per heavy atom. The summed E-state index contributed by atoms with van der Waals surface area (Å²) in [6.07, 6.45) is -0.684. The van der Waals surface area contributed by atoms with Crippen molar-refractivity contribution in [3.05, 3.63) is 65.2 Å². The Kier molecular flexibility index (Phi) is 3.93. The topological polar surface area (TPSA) is 69.7 Å². The number of hydrogen-bond acceptors (Lipinski definition) is 5. The quantitative estimate of drug-likeness (QED) is 0.495. The molecular formula is C18H14O5. The number of esters is 2. The summed E-state index contributed by atoms with van der Waals surface area (Å²) in [6.45, 7) is 1.46. The van der Waals surface area contributed by atoms with Crippen molar-refractivity contribution in [2.45, 2.75) is 19.4 Å². The van der Waals surface area contributed by atoms with E-state index in [0.29, 0.717) is 16.9 Å². The van der Waals surface area contributed by atoms with Crippen LogP contribution >= 0.6 is 0 Å². The number of ketones is 1. The van der Waals surface area contributed by atoms with Crippen molar-refractivity contribution in [2.24, 2.45) is 0 Å². The molecule has 3 rings (SSSR count). The molecule has 0 radical (unpaired) electrons. The second-order valence-corrected chi connectivity index (χ2v) is 5.26. The Morgan fingerprint density at radius 2 is 1.78 bits per heavy atom. The molecule has 0 fully saturated rings. The SMILES string of the molecule is CC(=O)c1ccc(OC(=O)[C@@H]2Cc3ccccc3C(=O)O2)cc1. The summed E-state index contributed by atoms with van der Waals surface area (Å²) in [7, 11) is 0. The lowest BCUT2D eigenvalue weighted by atomic mass is 9.99. The Morgan fingerprint density at radius 1 is 1.09 bits per heavy atom. The van der Waals surface area contributed by atoms with Crippen molar-refractivity contribution in [1.29, 1.82) is 0 Å². The Balaban J connectivity index is 1.72. The molecule has 0 aliphatic carbocycles. The van der Waals surface area contributed by atoms with Gasteiger partial charge in [0.2, 0.25) is 6.10 Å². The number of fused-ring (bicyclic) bond motifs is 1. The van der Waals surface area contributed by atoms with Gasteiger partial charge in [-0.2, -0.15) is 0 Å². The highest BCUT2D eigenvalue weighted by Crippen LogP contribution is 2.22. The van der Waals surface area contributed by atoms with Gasteiger partial charge in [-0.15, -0.1) is 0 Å². The van der Waals surface area contributed by atoms with E-state index in [1.165, 1.54) is 19.1 Å². The van der Waals surface area contributed by atoms with Crippen molar-refractivity contribution in [2.75, 3.05) is 0 Å². The normalized spacial score (nSPS) is 16.2. The number of carbonyl (C=O) groups is 3. The van der Waals surface area contributed by atoms with Crippen LogP contribution in [0.15, 0.2) is 48.5 Å². The molecule has 1 atom stereocenters. The second kappa shape index (κ2) is 6.04. The van der Waals surface area contributed by atoms with Crippen LogP contribution in [0.3, 0.4) is 0 Å². The Hall–Kier alpha value is -2.95. The van der Waals surface area contributed by atoms with Crippen LogP contribution in [0.1, 0.15) is 33.2 Å². The minimum atomic E-state index is -0.968. The van der Waals surface area contributed by atoms with E-state index in [9.17, 15) is 14.4 Å². The van der Waals surface area contributed by atoms with Crippen LogP contribution in [0.4, 0.5) is 0 Å². The summed E-state index contributed by atoms with van der Waals surface area (Å²) in [5, 5.41) is 0. The molecule has 1 aliphatic heterocycles. The minimum Gasteiger partial charge on any atom is -0.446 e. The van der Waals surface area contributed by atoms with Gasteiger partial charge in [-0.3, -0.25) is 4.79 Å². The second-order valence-electron chi connectivity index (χ2n) is 5.26. The van der Waals surface area contributed by atoms with Gasteiger partial charge in [-0.25, -0.2) is 9.59 Å². The van der Waals surface area contributed by atoms with Gasteiger partial charge in [0.15, 0.2) is 5.78 Å². The summed E-state index contributed by atoms with van der Waals surface area (Å²) < 4.78 is 10.4. The molecule has 0 saturated carbocycles. The van der Waals surface area contributed by atoms with Crippen molar-refractivity contribution in [3.63, 3.8) is 0 Å². The third-order valence-electron chi connectivity index (χ3n) is 3.63. The van der Waals surface area contributed by atoms with E-state index in [-0.39, 0.29) is 12.2 Å². The van der Waals surface area contributed by atoms with Crippen LogP contribution in [-0.2, 0) is 16.0 Å². The van der Waals surface area contributed by atoms with Gasteiger partial charge in [-0.1, -0.05) is 18.2 Å². The standard InChI is InChI=1S/C18H14O5/c1-11(19)12-6-8-14(9-7-12)22-18(21)16-10-13-4-2-3-5-15(13)17(20)23-16/h2-9,16H,10H2,1H3/t16-/m0/s1. The van der Waals surface area contributed by atoms with Crippen LogP contribution < -0.4 is 4.74 Å². The highest BCUT2D eigenvalue weighted by atomic mass is 16.6. The van der Waals surface area contributed by atoms with E-state index in [1.54, 1.807) is 36.4 Å². The van der Waals surface area contributed by atoms with Crippen LogP contribution in [-0.4, -0.2) is 23.8 Å². The lowest BCUT2D eigenvalue weighted by Crippen LogP contribution is -2.36. The highest BCUT2D eigenvalue weighted by Gasteiger charge is 2.32. The van der Waals surface area contributed by atoms with E-state index in [1.807, 2.05) is 0 Å². The van der Waals surface area contributed by atoms with Gasteiger partial charge in [0.25, 0.3) is 0 Å². The van der Waals surface area contributed by atoms with Gasteiger partial charge < -0.3 is 9.47 Å². The molecule has 0 aromatic heterocycles. The predicted octanol–water partition coefficient (Wildman–Crippen LogP) is 2.58. The third kappa shape index (κ3) is 3.13. The molecule has 0 unspecified atom stereocenters. The third-order valence-corrected chi connectivity index (χ3v) is 3.63. The summed E-state index contributed by atoms with van der Waals surface area (Å²) >= 11 is 0. The smallest absolute Gasteiger partial charge is 0.353 e. The molecule has 0 spiro atoms. The molecule has 1 aliphatic rings. The van der Waals surface area contributed by atoms with Crippen molar-refractivity contribution < 1.29 is 23.9 Å². The minimum absolute atomic E-state index is 0.0688. The fraction of sp³-hybridized carbons (Fsp3) is 0.167. The first-order chi connectivity index (χ1) is 11.0. The number of cyclic esters (lactones) is 1. The molecule has 23 heavy (non-hydrogen) atoms. The number of hydrogen-bond donors (Lipinski definition) is 0. The molecule has 116 valence electrons. The molecule has 0 bridgehead atoms.